The number of rotatable bonds is 3. The summed E-state index contributed by atoms with van der Waals surface area (Å²) in [5.74, 6) is -1.16. The number of hydrogen-bond donors (Lipinski definition) is 1. The average molecular weight is 305 g/mol. The third kappa shape index (κ3) is 3.71. The Hall–Kier alpha value is -2.58. The minimum atomic E-state index is -0.655. The van der Waals surface area contributed by atoms with E-state index in [-0.39, 0.29) is 17.7 Å². The summed E-state index contributed by atoms with van der Waals surface area (Å²) in [6.45, 7) is -0.216. The zero-order valence-electron chi connectivity index (χ0n) is 10.8. The first-order chi connectivity index (χ1) is 9.99. The van der Waals surface area contributed by atoms with Crippen molar-refractivity contribution in [3.63, 3.8) is 0 Å². The number of halogens is 2. The second-order valence-electron chi connectivity index (χ2n) is 4.26. The van der Waals surface area contributed by atoms with Gasteiger partial charge in [0.2, 0.25) is 0 Å². The number of ether oxygens (including phenoxy) is 1. The van der Waals surface area contributed by atoms with Crippen molar-refractivity contribution in [2.45, 2.75) is 6.61 Å². The van der Waals surface area contributed by atoms with E-state index in [4.69, 9.17) is 27.3 Å². The third-order valence-corrected chi connectivity index (χ3v) is 2.92. The fourth-order valence-corrected chi connectivity index (χ4v) is 1.99. The van der Waals surface area contributed by atoms with Crippen molar-refractivity contribution >= 4 is 23.3 Å². The van der Waals surface area contributed by atoms with Crippen LogP contribution in [0.15, 0.2) is 36.4 Å². The third-order valence-electron chi connectivity index (χ3n) is 2.70. The van der Waals surface area contributed by atoms with Gasteiger partial charge in [0, 0.05) is 16.3 Å². The maximum Gasteiger partial charge on any atom is 0.338 e. The number of hydrogen-bond acceptors (Lipinski definition) is 4. The molecular weight excluding hydrogens is 295 g/mol. The van der Waals surface area contributed by atoms with Gasteiger partial charge in [-0.3, -0.25) is 0 Å². The topological polar surface area (TPSA) is 76.1 Å². The monoisotopic (exact) mass is 304 g/mol. The minimum Gasteiger partial charge on any atom is -0.457 e. The Morgan fingerprint density at radius 3 is 2.76 bits per heavy atom. The quantitative estimate of drug-likeness (QED) is 0.697. The molecule has 0 saturated carbocycles. The summed E-state index contributed by atoms with van der Waals surface area (Å²) in [4.78, 5) is 11.9. The Bertz CT molecular complexity index is 721. The van der Waals surface area contributed by atoms with Gasteiger partial charge in [0.05, 0.1) is 17.2 Å². The van der Waals surface area contributed by atoms with Crippen LogP contribution < -0.4 is 5.73 Å². The molecule has 4 nitrogen and oxygen atoms in total. The molecule has 0 amide bonds. The molecule has 0 aliphatic rings. The number of nitrogens with two attached hydrogens (primary N) is 1. The highest BCUT2D eigenvalue weighted by molar-refractivity contribution is 6.31. The Balaban J connectivity index is 2.15. The Kier molecular flexibility index (Phi) is 4.41. The Labute approximate surface area is 125 Å². The van der Waals surface area contributed by atoms with Crippen LogP contribution in [-0.4, -0.2) is 5.97 Å². The zero-order valence-corrected chi connectivity index (χ0v) is 11.5. The SMILES string of the molecule is N#Cc1ccc(F)cc1COC(=O)c1cc(N)cc(Cl)c1. The molecule has 0 unspecified atom stereocenters. The summed E-state index contributed by atoms with van der Waals surface area (Å²) in [6.07, 6.45) is 0. The molecule has 0 fully saturated rings. The molecular formula is C15H10ClFN2O2. The predicted molar refractivity (Wildman–Crippen MR) is 76.1 cm³/mol. The molecule has 0 atom stereocenters. The van der Waals surface area contributed by atoms with E-state index in [0.717, 1.165) is 6.07 Å². The summed E-state index contributed by atoms with van der Waals surface area (Å²) in [6, 6.07) is 9.89. The van der Waals surface area contributed by atoms with Gasteiger partial charge >= 0.3 is 5.97 Å². The fourth-order valence-electron chi connectivity index (χ4n) is 1.75. The van der Waals surface area contributed by atoms with Crippen molar-refractivity contribution in [2.24, 2.45) is 0 Å². The summed E-state index contributed by atoms with van der Waals surface area (Å²) < 4.78 is 18.2. The van der Waals surface area contributed by atoms with E-state index < -0.39 is 11.8 Å². The molecule has 2 aromatic rings. The molecule has 21 heavy (non-hydrogen) atoms. The highest BCUT2D eigenvalue weighted by atomic mass is 35.5. The molecule has 2 rings (SSSR count). The van der Waals surface area contributed by atoms with Gasteiger partial charge in [0.25, 0.3) is 0 Å². The van der Waals surface area contributed by atoms with Crippen LogP contribution in [0.1, 0.15) is 21.5 Å². The highest BCUT2D eigenvalue weighted by Gasteiger charge is 2.11. The van der Waals surface area contributed by atoms with Crippen molar-refractivity contribution < 1.29 is 13.9 Å². The maximum atomic E-state index is 13.2. The molecule has 0 spiro atoms. The van der Waals surface area contributed by atoms with Crippen LogP contribution in [0, 0.1) is 17.1 Å². The number of nitrogens with zero attached hydrogens (tertiary/aromatic N) is 1. The lowest BCUT2D eigenvalue weighted by Crippen LogP contribution is -2.07. The second-order valence-corrected chi connectivity index (χ2v) is 4.70. The van der Waals surface area contributed by atoms with Crippen molar-refractivity contribution in [3.8, 4) is 6.07 Å². The van der Waals surface area contributed by atoms with Gasteiger partial charge in [-0.15, -0.1) is 0 Å². The summed E-state index contributed by atoms with van der Waals surface area (Å²) in [5.41, 5.74) is 6.64. The number of anilines is 1. The number of benzene rings is 2. The van der Waals surface area contributed by atoms with Crippen LogP contribution in [0.2, 0.25) is 5.02 Å². The number of carbonyl (C=O) groups is 1. The fraction of sp³-hybridized carbons (Fsp3) is 0.0667. The van der Waals surface area contributed by atoms with E-state index in [1.807, 2.05) is 6.07 Å². The Morgan fingerprint density at radius 1 is 1.33 bits per heavy atom. The van der Waals surface area contributed by atoms with Gasteiger partial charge < -0.3 is 10.5 Å². The van der Waals surface area contributed by atoms with E-state index in [1.165, 1.54) is 30.3 Å². The first-order valence-corrected chi connectivity index (χ1v) is 6.29. The maximum absolute atomic E-state index is 13.2. The molecule has 0 aliphatic carbocycles. The Morgan fingerprint density at radius 2 is 2.10 bits per heavy atom. The number of nitriles is 1. The molecule has 0 aliphatic heterocycles. The summed E-state index contributed by atoms with van der Waals surface area (Å²) in [5, 5.41) is 9.23. The smallest absolute Gasteiger partial charge is 0.338 e. The molecule has 2 N–H and O–H groups in total. The first-order valence-electron chi connectivity index (χ1n) is 5.91. The molecule has 0 saturated heterocycles. The van der Waals surface area contributed by atoms with E-state index >= 15 is 0 Å². The predicted octanol–water partition coefficient (Wildman–Crippen LogP) is 3.29. The molecule has 2 aromatic carbocycles. The van der Waals surface area contributed by atoms with Gasteiger partial charge in [-0.2, -0.15) is 5.26 Å². The van der Waals surface area contributed by atoms with Crippen LogP contribution in [0.4, 0.5) is 10.1 Å². The van der Waals surface area contributed by atoms with Crippen molar-refractivity contribution in [3.05, 3.63) is 63.9 Å². The highest BCUT2D eigenvalue weighted by Crippen LogP contribution is 2.18. The van der Waals surface area contributed by atoms with E-state index in [9.17, 15) is 9.18 Å². The van der Waals surface area contributed by atoms with Gasteiger partial charge in [0.15, 0.2) is 0 Å². The molecule has 6 heteroatoms. The van der Waals surface area contributed by atoms with Crippen LogP contribution in [0.3, 0.4) is 0 Å². The van der Waals surface area contributed by atoms with Crippen LogP contribution in [0.25, 0.3) is 0 Å². The van der Waals surface area contributed by atoms with Gasteiger partial charge in [-0.1, -0.05) is 11.6 Å². The minimum absolute atomic E-state index is 0.190. The summed E-state index contributed by atoms with van der Waals surface area (Å²) >= 11 is 5.80. The first kappa shape index (κ1) is 14.8. The van der Waals surface area contributed by atoms with Crippen molar-refractivity contribution in [2.75, 3.05) is 5.73 Å². The van der Waals surface area contributed by atoms with Crippen molar-refractivity contribution in [1.82, 2.24) is 0 Å². The normalized spacial score (nSPS) is 9.95. The van der Waals surface area contributed by atoms with Crippen LogP contribution in [-0.2, 0) is 11.3 Å². The lowest BCUT2D eigenvalue weighted by molar-refractivity contribution is 0.0472. The molecule has 0 bridgehead atoms. The number of nitrogen functional groups attached to an aromatic ring is 1. The van der Waals surface area contributed by atoms with Gasteiger partial charge in [-0.25, -0.2) is 9.18 Å². The molecule has 0 aromatic heterocycles. The zero-order chi connectivity index (χ0) is 15.4. The number of esters is 1. The standard InChI is InChI=1S/C15H10ClFN2O2/c16-12-3-10(5-14(19)6-12)15(20)21-8-11-4-13(17)2-1-9(11)7-18/h1-6H,8,19H2. The molecule has 0 radical (unpaired) electrons. The molecule has 106 valence electrons. The van der Waals surface area contributed by atoms with E-state index in [0.29, 0.717) is 16.3 Å². The molecule has 0 heterocycles. The van der Waals surface area contributed by atoms with Gasteiger partial charge in [-0.05, 0) is 36.4 Å². The lowest BCUT2D eigenvalue weighted by Gasteiger charge is -2.07. The largest absolute Gasteiger partial charge is 0.457 e. The van der Waals surface area contributed by atoms with Crippen molar-refractivity contribution in [1.29, 1.82) is 5.26 Å². The second kappa shape index (κ2) is 6.25. The van der Waals surface area contributed by atoms with Crippen LogP contribution in [0.5, 0.6) is 0 Å². The number of carbonyl (C=O) groups excluding carboxylic acids is 1. The van der Waals surface area contributed by atoms with E-state index in [1.54, 1.807) is 0 Å². The van der Waals surface area contributed by atoms with Crippen LogP contribution >= 0.6 is 11.6 Å². The lowest BCUT2D eigenvalue weighted by atomic mass is 10.1. The average Bonchev–Trinajstić information content (AvgIpc) is 2.43. The van der Waals surface area contributed by atoms with Gasteiger partial charge in [0.1, 0.15) is 12.4 Å². The summed E-state index contributed by atoms with van der Waals surface area (Å²) in [7, 11) is 0. The van der Waals surface area contributed by atoms with E-state index in [2.05, 4.69) is 0 Å².